The molecule has 2 heterocycles. The van der Waals surface area contributed by atoms with Crippen LogP contribution in [0.15, 0.2) is 152 Å². The van der Waals surface area contributed by atoms with Crippen LogP contribution in [0.25, 0.3) is 82.9 Å². The molecule has 1 fully saturated rings. The molecule has 0 unspecified atom stereocenters. The van der Waals surface area contributed by atoms with Gasteiger partial charge in [-0.3, -0.25) is 4.57 Å². The summed E-state index contributed by atoms with van der Waals surface area (Å²) < 4.78 is 2.54. The van der Waals surface area contributed by atoms with E-state index in [4.69, 9.17) is 9.97 Å². The van der Waals surface area contributed by atoms with E-state index in [1.165, 1.54) is 84.9 Å². The smallest absolute Gasteiger partial charge is 0.162 e. The molecule has 0 aliphatic heterocycles. The molecule has 0 saturated heterocycles. The second-order valence-electron chi connectivity index (χ2n) is 14.4. The van der Waals surface area contributed by atoms with Gasteiger partial charge in [-0.25, -0.2) is 9.97 Å². The molecule has 2 aliphatic carbocycles. The summed E-state index contributed by atoms with van der Waals surface area (Å²) >= 11 is 0. The van der Waals surface area contributed by atoms with Crippen molar-refractivity contribution in [3.05, 3.63) is 163 Å². The first-order valence-corrected chi connectivity index (χ1v) is 18.3. The molecule has 3 heteroatoms. The van der Waals surface area contributed by atoms with Crippen LogP contribution in [0.3, 0.4) is 0 Å². The van der Waals surface area contributed by atoms with Gasteiger partial charge in [0.1, 0.15) is 5.82 Å². The van der Waals surface area contributed by atoms with Crippen LogP contribution in [0.5, 0.6) is 0 Å². The van der Waals surface area contributed by atoms with Crippen LogP contribution in [-0.2, 0) is 5.41 Å². The molecule has 3 nitrogen and oxygen atoms in total. The third-order valence-electron chi connectivity index (χ3n) is 11.7. The molecule has 0 radical (unpaired) electrons. The number of hydrogen-bond acceptors (Lipinski definition) is 2. The molecule has 0 bridgehead atoms. The van der Waals surface area contributed by atoms with Gasteiger partial charge in [0.2, 0.25) is 0 Å². The standard InChI is InChI=1S/C48H35N3/c1-4-17-32(18-5-1)40-30-41(50-47(49-40)33-19-6-2-7-20-33)51-45-34-21-9-8-16-31(34)26-27-38(45)43-36-23-11-10-22-35(36)42-37-24-12-13-25-39(37)48(44(42)46(43)51)28-14-3-15-29-48/h1-2,4-13,16-27,30H,3,14-15,28-29H2. The van der Waals surface area contributed by atoms with Crippen LogP contribution in [-0.4, -0.2) is 14.5 Å². The molecule has 9 aromatic rings. The predicted octanol–water partition coefficient (Wildman–Crippen LogP) is 12.4. The highest BCUT2D eigenvalue weighted by molar-refractivity contribution is 6.30. The Morgan fingerprint density at radius 1 is 0.510 bits per heavy atom. The Morgan fingerprint density at radius 2 is 1.18 bits per heavy atom. The third-order valence-corrected chi connectivity index (χ3v) is 11.7. The highest BCUT2D eigenvalue weighted by Gasteiger charge is 2.47. The van der Waals surface area contributed by atoms with Gasteiger partial charge in [-0.1, -0.05) is 165 Å². The summed E-state index contributed by atoms with van der Waals surface area (Å²) in [7, 11) is 0. The molecule has 2 aromatic heterocycles. The lowest BCUT2D eigenvalue weighted by Crippen LogP contribution is -2.28. The summed E-state index contributed by atoms with van der Waals surface area (Å²) in [5.74, 6) is 1.63. The largest absolute Gasteiger partial charge is 0.293 e. The van der Waals surface area contributed by atoms with E-state index in [1.807, 2.05) is 0 Å². The summed E-state index contributed by atoms with van der Waals surface area (Å²) in [6.07, 6.45) is 6.06. The molecule has 1 saturated carbocycles. The van der Waals surface area contributed by atoms with Crippen molar-refractivity contribution in [2.75, 3.05) is 0 Å². The maximum Gasteiger partial charge on any atom is 0.162 e. The van der Waals surface area contributed by atoms with E-state index in [2.05, 4.69) is 156 Å². The Kier molecular flexibility index (Phi) is 6.18. The van der Waals surface area contributed by atoms with Crippen molar-refractivity contribution in [1.82, 2.24) is 14.5 Å². The van der Waals surface area contributed by atoms with Crippen molar-refractivity contribution in [3.63, 3.8) is 0 Å². The van der Waals surface area contributed by atoms with E-state index in [9.17, 15) is 0 Å². The zero-order valence-electron chi connectivity index (χ0n) is 28.3. The van der Waals surface area contributed by atoms with Gasteiger partial charge in [-0.15, -0.1) is 0 Å². The van der Waals surface area contributed by atoms with Crippen LogP contribution >= 0.6 is 0 Å². The normalized spacial score (nSPS) is 14.8. The molecule has 1 spiro atoms. The van der Waals surface area contributed by atoms with Crippen molar-refractivity contribution >= 4 is 43.4 Å². The Hall–Kier alpha value is -6.06. The van der Waals surface area contributed by atoms with E-state index in [-0.39, 0.29) is 5.41 Å². The fourth-order valence-electron chi connectivity index (χ4n) is 9.66. The van der Waals surface area contributed by atoms with Crippen LogP contribution < -0.4 is 0 Å². The van der Waals surface area contributed by atoms with Gasteiger partial charge < -0.3 is 0 Å². The molecule has 2 aliphatic rings. The molecular formula is C48H35N3. The molecule has 7 aromatic carbocycles. The van der Waals surface area contributed by atoms with Gasteiger partial charge in [0.05, 0.1) is 16.7 Å². The minimum atomic E-state index is -0.0636. The van der Waals surface area contributed by atoms with Crippen LogP contribution in [0.1, 0.15) is 43.2 Å². The number of fused-ring (bicyclic) bond motifs is 14. The highest BCUT2D eigenvalue weighted by atomic mass is 15.1. The van der Waals surface area contributed by atoms with Crippen molar-refractivity contribution in [1.29, 1.82) is 0 Å². The molecule has 0 N–H and O–H groups in total. The summed E-state index contributed by atoms with van der Waals surface area (Å²) in [6.45, 7) is 0. The topological polar surface area (TPSA) is 30.7 Å². The Bertz CT molecular complexity index is 2770. The fourth-order valence-corrected chi connectivity index (χ4v) is 9.66. The first-order chi connectivity index (χ1) is 25.3. The summed E-state index contributed by atoms with van der Waals surface area (Å²) in [4.78, 5) is 10.7. The lowest BCUT2D eigenvalue weighted by Gasteiger charge is -2.36. The van der Waals surface area contributed by atoms with Crippen molar-refractivity contribution < 1.29 is 0 Å². The molecule has 0 atom stereocenters. The van der Waals surface area contributed by atoms with Crippen LogP contribution in [0, 0.1) is 0 Å². The van der Waals surface area contributed by atoms with Gasteiger partial charge in [-0.05, 0) is 51.3 Å². The minimum absolute atomic E-state index is 0.0636. The second-order valence-corrected chi connectivity index (χ2v) is 14.4. The van der Waals surface area contributed by atoms with Crippen LogP contribution in [0.2, 0.25) is 0 Å². The van der Waals surface area contributed by atoms with E-state index in [0.29, 0.717) is 0 Å². The number of aromatic nitrogens is 3. The number of nitrogens with zero attached hydrogens (tertiary/aromatic N) is 3. The highest BCUT2D eigenvalue weighted by Crippen LogP contribution is 2.61. The Balaban J connectivity index is 1.39. The lowest BCUT2D eigenvalue weighted by molar-refractivity contribution is 0.354. The molecule has 0 amide bonds. The molecule has 11 rings (SSSR count). The average Bonchev–Trinajstić information content (AvgIpc) is 3.70. The second kappa shape index (κ2) is 11.0. The number of benzene rings is 7. The van der Waals surface area contributed by atoms with Gasteiger partial charge in [0.25, 0.3) is 0 Å². The summed E-state index contributed by atoms with van der Waals surface area (Å²) in [6, 6.07) is 55.2. The van der Waals surface area contributed by atoms with Crippen molar-refractivity contribution in [3.8, 4) is 39.6 Å². The minimum Gasteiger partial charge on any atom is -0.293 e. The lowest BCUT2D eigenvalue weighted by atomic mass is 9.67. The third kappa shape index (κ3) is 4.06. The fraction of sp³-hybridized carbons (Fsp3) is 0.125. The Morgan fingerprint density at radius 3 is 1.98 bits per heavy atom. The predicted molar refractivity (Wildman–Crippen MR) is 212 cm³/mol. The molecular weight excluding hydrogens is 619 g/mol. The molecule has 242 valence electrons. The van der Waals surface area contributed by atoms with E-state index < -0.39 is 0 Å². The molecule has 51 heavy (non-hydrogen) atoms. The Labute approximate surface area is 296 Å². The van der Waals surface area contributed by atoms with E-state index in [1.54, 1.807) is 0 Å². The van der Waals surface area contributed by atoms with Crippen molar-refractivity contribution in [2.45, 2.75) is 37.5 Å². The maximum atomic E-state index is 5.52. The summed E-state index contributed by atoms with van der Waals surface area (Å²) in [5, 5.41) is 7.70. The monoisotopic (exact) mass is 653 g/mol. The van der Waals surface area contributed by atoms with E-state index in [0.717, 1.165) is 41.3 Å². The first kappa shape index (κ1) is 28.7. The van der Waals surface area contributed by atoms with Crippen LogP contribution in [0.4, 0.5) is 0 Å². The van der Waals surface area contributed by atoms with Crippen molar-refractivity contribution in [2.24, 2.45) is 0 Å². The zero-order chi connectivity index (χ0) is 33.5. The zero-order valence-corrected chi connectivity index (χ0v) is 28.3. The quantitative estimate of drug-likeness (QED) is 0.190. The SMILES string of the molecule is c1ccc(-c2cc(-n3c4c5c(c6ccccc6c4c4ccc6ccccc6c43)-c3ccccc3C53CCCCC3)nc(-c3ccccc3)n2)cc1. The average molecular weight is 654 g/mol. The van der Waals surface area contributed by atoms with Gasteiger partial charge >= 0.3 is 0 Å². The van der Waals surface area contributed by atoms with Gasteiger partial charge in [-0.2, -0.15) is 0 Å². The van der Waals surface area contributed by atoms with E-state index >= 15 is 0 Å². The van der Waals surface area contributed by atoms with Gasteiger partial charge in [0, 0.05) is 38.8 Å². The van der Waals surface area contributed by atoms with Gasteiger partial charge in [0.15, 0.2) is 5.82 Å². The number of hydrogen-bond donors (Lipinski definition) is 0. The number of rotatable bonds is 3. The maximum absolute atomic E-state index is 5.52. The first-order valence-electron chi connectivity index (χ1n) is 18.3. The summed E-state index contributed by atoms with van der Waals surface area (Å²) in [5.41, 5.74) is 11.2.